The second-order valence-corrected chi connectivity index (χ2v) is 4.98. The zero-order chi connectivity index (χ0) is 11.1. The van der Waals surface area contributed by atoms with E-state index in [0.29, 0.717) is 6.61 Å². The van der Waals surface area contributed by atoms with Crippen molar-refractivity contribution in [2.24, 2.45) is 5.92 Å². The van der Waals surface area contributed by atoms with Gasteiger partial charge in [0, 0.05) is 13.2 Å². The second kappa shape index (κ2) is 7.20. The summed E-state index contributed by atoms with van der Waals surface area (Å²) < 4.78 is 0. The molecule has 1 atom stereocenters. The second-order valence-electron chi connectivity index (χ2n) is 4.98. The Hall–Kier alpha value is -0.120. The van der Waals surface area contributed by atoms with E-state index in [1.165, 1.54) is 45.4 Å². The van der Waals surface area contributed by atoms with Crippen molar-refractivity contribution >= 4 is 0 Å². The number of hydrogen-bond donors (Lipinski definition) is 1. The van der Waals surface area contributed by atoms with Gasteiger partial charge in [0.1, 0.15) is 0 Å². The van der Waals surface area contributed by atoms with E-state index in [2.05, 4.69) is 23.9 Å². The molecule has 1 N–H and O–H groups in total. The van der Waals surface area contributed by atoms with E-state index >= 15 is 0 Å². The Balaban J connectivity index is 2.12. The molecular formula is C12H26N2O. The van der Waals surface area contributed by atoms with Crippen LogP contribution in [0.2, 0.25) is 0 Å². The molecule has 0 saturated carbocycles. The fourth-order valence-electron chi connectivity index (χ4n) is 2.38. The van der Waals surface area contributed by atoms with Gasteiger partial charge in [0.25, 0.3) is 0 Å². The summed E-state index contributed by atoms with van der Waals surface area (Å²) in [7, 11) is 4.26. The highest BCUT2D eigenvalue weighted by Gasteiger charge is 2.18. The van der Waals surface area contributed by atoms with Crippen LogP contribution in [0.25, 0.3) is 0 Å². The molecule has 0 bridgehead atoms. The molecule has 1 aliphatic heterocycles. The van der Waals surface area contributed by atoms with Crippen LogP contribution < -0.4 is 0 Å². The fourth-order valence-corrected chi connectivity index (χ4v) is 2.38. The van der Waals surface area contributed by atoms with Gasteiger partial charge in [-0.2, -0.15) is 0 Å². The van der Waals surface area contributed by atoms with Gasteiger partial charge in [-0.05, 0) is 65.3 Å². The normalized spacial score (nSPS) is 23.6. The highest BCUT2D eigenvalue weighted by molar-refractivity contribution is 4.72. The average Bonchev–Trinajstić information content (AvgIpc) is 2.18. The van der Waals surface area contributed by atoms with Crippen LogP contribution >= 0.6 is 0 Å². The molecule has 0 aliphatic carbocycles. The number of likely N-dealkylation sites (tertiary alicyclic amines) is 1. The van der Waals surface area contributed by atoms with Crippen LogP contribution in [0.15, 0.2) is 0 Å². The lowest BCUT2D eigenvalue weighted by Gasteiger charge is -2.32. The monoisotopic (exact) mass is 214 g/mol. The first-order valence-corrected chi connectivity index (χ1v) is 6.20. The van der Waals surface area contributed by atoms with Gasteiger partial charge in [-0.25, -0.2) is 0 Å². The van der Waals surface area contributed by atoms with Crippen LogP contribution in [0.3, 0.4) is 0 Å². The lowest BCUT2D eigenvalue weighted by atomic mass is 9.95. The van der Waals surface area contributed by atoms with Crippen molar-refractivity contribution in [2.75, 3.05) is 46.9 Å². The largest absolute Gasteiger partial charge is 0.396 e. The van der Waals surface area contributed by atoms with E-state index in [9.17, 15) is 0 Å². The summed E-state index contributed by atoms with van der Waals surface area (Å²) in [5, 5.41) is 8.93. The van der Waals surface area contributed by atoms with Crippen LogP contribution in [-0.4, -0.2) is 61.8 Å². The van der Waals surface area contributed by atoms with Crippen molar-refractivity contribution in [1.82, 2.24) is 9.80 Å². The maximum atomic E-state index is 8.93. The minimum absolute atomic E-state index is 0.357. The number of rotatable bonds is 6. The van der Waals surface area contributed by atoms with Crippen LogP contribution in [0.4, 0.5) is 0 Å². The van der Waals surface area contributed by atoms with E-state index in [0.717, 1.165) is 12.3 Å². The molecule has 1 fully saturated rings. The first-order chi connectivity index (χ1) is 7.22. The van der Waals surface area contributed by atoms with Gasteiger partial charge in [0.05, 0.1) is 0 Å². The molecule has 0 spiro atoms. The lowest BCUT2D eigenvalue weighted by Crippen LogP contribution is -2.37. The smallest absolute Gasteiger partial charge is 0.0434 e. The molecule has 1 aliphatic rings. The Morgan fingerprint density at radius 2 is 2.20 bits per heavy atom. The van der Waals surface area contributed by atoms with Crippen molar-refractivity contribution in [1.29, 1.82) is 0 Å². The van der Waals surface area contributed by atoms with Gasteiger partial charge >= 0.3 is 0 Å². The molecule has 0 radical (unpaired) electrons. The summed E-state index contributed by atoms with van der Waals surface area (Å²) in [4.78, 5) is 4.81. The average molecular weight is 214 g/mol. The maximum absolute atomic E-state index is 8.93. The molecule has 0 aromatic heterocycles. The van der Waals surface area contributed by atoms with Gasteiger partial charge < -0.3 is 14.9 Å². The van der Waals surface area contributed by atoms with Crippen molar-refractivity contribution < 1.29 is 5.11 Å². The number of nitrogens with zero attached hydrogens (tertiary/aromatic N) is 2. The van der Waals surface area contributed by atoms with Gasteiger partial charge in [0.15, 0.2) is 0 Å². The standard InChI is InChI=1S/C12H26N2O/c1-13(2)7-4-9-14-8-3-5-12(11-14)6-10-15/h12,15H,3-11H2,1-2H3. The minimum atomic E-state index is 0.357. The van der Waals surface area contributed by atoms with Crippen molar-refractivity contribution in [3.05, 3.63) is 0 Å². The summed E-state index contributed by atoms with van der Waals surface area (Å²) in [6.07, 6.45) is 4.88. The molecule has 3 heteroatoms. The van der Waals surface area contributed by atoms with Gasteiger partial charge in [0.2, 0.25) is 0 Å². The van der Waals surface area contributed by atoms with Crippen LogP contribution in [0.1, 0.15) is 25.7 Å². The molecule has 0 amide bonds. The molecule has 1 heterocycles. The third-order valence-electron chi connectivity index (χ3n) is 3.22. The molecule has 1 unspecified atom stereocenters. The quantitative estimate of drug-likeness (QED) is 0.715. The Kier molecular flexibility index (Phi) is 6.22. The predicted octanol–water partition coefficient (Wildman–Crippen LogP) is 1.03. The third kappa shape index (κ3) is 5.50. The zero-order valence-electron chi connectivity index (χ0n) is 10.3. The Morgan fingerprint density at radius 3 is 2.87 bits per heavy atom. The summed E-state index contributed by atoms with van der Waals surface area (Å²) in [5.41, 5.74) is 0. The van der Waals surface area contributed by atoms with Crippen molar-refractivity contribution in [2.45, 2.75) is 25.7 Å². The minimum Gasteiger partial charge on any atom is -0.396 e. The number of aliphatic hydroxyl groups excluding tert-OH is 1. The first-order valence-electron chi connectivity index (χ1n) is 6.20. The summed E-state index contributed by atoms with van der Waals surface area (Å²) in [6, 6.07) is 0. The molecular weight excluding hydrogens is 188 g/mol. The summed E-state index contributed by atoms with van der Waals surface area (Å²) >= 11 is 0. The molecule has 0 aromatic carbocycles. The Bertz CT molecular complexity index is 160. The summed E-state index contributed by atoms with van der Waals surface area (Å²) in [5.74, 6) is 0.739. The molecule has 15 heavy (non-hydrogen) atoms. The first kappa shape index (κ1) is 12.9. The molecule has 1 rings (SSSR count). The highest BCUT2D eigenvalue weighted by Crippen LogP contribution is 2.19. The van der Waals surface area contributed by atoms with E-state index in [-0.39, 0.29) is 0 Å². The van der Waals surface area contributed by atoms with Crippen LogP contribution in [0.5, 0.6) is 0 Å². The lowest BCUT2D eigenvalue weighted by molar-refractivity contribution is 0.144. The van der Waals surface area contributed by atoms with E-state index in [1.54, 1.807) is 0 Å². The van der Waals surface area contributed by atoms with E-state index < -0.39 is 0 Å². The highest BCUT2D eigenvalue weighted by atomic mass is 16.3. The van der Waals surface area contributed by atoms with Gasteiger partial charge in [-0.1, -0.05) is 0 Å². The molecule has 90 valence electrons. The van der Waals surface area contributed by atoms with Gasteiger partial charge in [-0.15, -0.1) is 0 Å². The topological polar surface area (TPSA) is 26.7 Å². The van der Waals surface area contributed by atoms with Crippen LogP contribution in [0, 0.1) is 5.92 Å². The molecule has 1 saturated heterocycles. The van der Waals surface area contributed by atoms with Gasteiger partial charge in [-0.3, -0.25) is 0 Å². The fraction of sp³-hybridized carbons (Fsp3) is 1.00. The summed E-state index contributed by atoms with van der Waals surface area (Å²) in [6.45, 7) is 5.22. The predicted molar refractivity (Wildman–Crippen MR) is 64.0 cm³/mol. The van der Waals surface area contributed by atoms with Crippen molar-refractivity contribution in [3.8, 4) is 0 Å². The molecule has 0 aromatic rings. The maximum Gasteiger partial charge on any atom is 0.0434 e. The Labute approximate surface area is 94.1 Å². The number of piperidine rings is 1. The molecule has 3 nitrogen and oxygen atoms in total. The SMILES string of the molecule is CN(C)CCCN1CCCC(CCO)C1. The van der Waals surface area contributed by atoms with Crippen molar-refractivity contribution in [3.63, 3.8) is 0 Å². The third-order valence-corrected chi connectivity index (χ3v) is 3.22. The number of aliphatic hydroxyl groups is 1. The number of hydrogen-bond acceptors (Lipinski definition) is 3. The van der Waals surface area contributed by atoms with Crippen LogP contribution in [-0.2, 0) is 0 Å². The van der Waals surface area contributed by atoms with E-state index in [4.69, 9.17) is 5.11 Å². The zero-order valence-corrected chi connectivity index (χ0v) is 10.3. The van der Waals surface area contributed by atoms with E-state index in [1.807, 2.05) is 0 Å². The Morgan fingerprint density at radius 1 is 1.40 bits per heavy atom.